The Morgan fingerprint density at radius 2 is 1.86 bits per heavy atom. The zero-order chi connectivity index (χ0) is 15.1. The summed E-state index contributed by atoms with van der Waals surface area (Å²) in [5.74, 6) is 0. The molecule has 0 bridgehead atoms. The third kappa shape index (κ3) is 2.08. The quantitative estimate of drug-likeness (QED) is 0.710. The maximum absolute atomic E-state index is 2.45. The highest BCUT2D eigenvalue weighted by molar-refractivity contribution is 5.46. The fourth-order valence-electron chi connectivity index (χ4n) is 3.61. The zero-order valence-electron chi connectivity index (χ0n) is 13.1. The van der Waals surface area contributed by atoms with Crippen molar-refractivity contribution >= 4 is 0 Å². The summed E-state index contributed by atoms with van der Waals surface area (Å²) in [5, 5.41) is 2.45. The molecule has 0 aliphatic carbocycles. The topological polar surface area (TPSA) is 21.5 Å². The lowest BCUT2D eigenvalue weighted by atomic mass is 9.97. The van der Waals surface area contributed by atoms with Gasteiger partial charge in [0.1, 0.15) is 6.54 Å². The van der Waals surface area contributed by atoms with Crippen molar-refractivity contribution in [3.63, 3.8) is 0 Å². The number of nitrogens with zero attached hydrogens (tertiary/aromatic N) is 1. The average Bonchev–Trinajstić information content (AvgIpc) is 2.93. The van der Waals surface area contributed by atoms with Crippen molar-refractivity contribution in [2.45, 2.75) is 26.4 Å². The molecular formula is C20H21N2+. The maximum atomic E-state index is 2.45. The van der Waals surface area contributed by atoms with E-state index in [1.807, 2.05) is 0 Å². The van der Waals surface area contributed by atoms with E-state index < -0.39 is 0 Å². The van der Waals surface area contributed by atoms with Gasteiger partial charge < -0.3 is 9.88 Å². The van der Waals surface area contributed by atoms with Crippen LogP contribution in [0, 0.1) is 13.8 Å². The minimum Gasteiger partial charge on any atom is -0.331 e. The number of rotatable bonds is 1. The van der Waals surface area contributed by atoms with Gasteiger partial charge in [0.05, 0.1) is 11.4 Å². The molecule has 0 fully saturated rings. The fraction of sp³-hybridized carbons (Fsp3) is 0.200. The maximum Gasteiger partial charge on any atom is 0.153 e. The van der Waals surface area contributed by atoms with Crippen LogP contribution in [0.3, 0.4) is 0 Å². The van der Waals surface area contributed by atoms with Gasteiger partial charge in [-0.2, -0.15) is 0 Å². The van der Waals surface area contributed by atoms with E-state index in [1.165, 1.54) is 33.6 Å². The molecule has 0 unspecified atom stereocenters. The molecule has 2 N–H and O–H groups in total. The minimum atomic E-state index is 0.350. The number of para-hydroxylation sites is 1. The van der Waals surface area contributed by atoms with E-state index in [4.69, 9.17) is 0 Å². The first kappa shape index (κ1) is 13.4. The summed E-state index contributed by atoms with van der Waals surface area (Å²) in [6, 6.07) is 20.3. The third-order valence-electron chi connectivity index (χ3n) is 4.68. The van der Waals surface area contributed by atoms with Crippen LogP contribution in [0.4, 0.5) is 0 Å². The van der Waals surface area contributed by atoms with Gasteiger partial charge in [-0.3, -0.25) is 0 Å². The summed E-state index contributed by atoms with van der Waals surface area (Å²) in [4.78, 5) is 0. The Bertz CT molecular complexity index is 829. The zero-order valence-corrected chi connectivity index (χ0v) is 13.1. The second-order valence-corrected chi connectivity index (χ2v) is 6.21. The van der Waals surface area contributed by atoms with Crippen molar-refractivity contribution in [3.8, 4) is 5.69 Å². The molecule has 4 rings (SSSR count). The first-order valence-electron chi connectivity index (χ1n) is 7.90. The van der Waals surface area contributed by atoms with Crippen LogP contribution in [0.2, 0.25) is 0 Å². The number of benzene rings is 2. The Kier molecular flexibility index (Phi) is 3.12. The summed E-state index contributed by atoms with van der Waals surface area (Å²) in [6.07, 6.45) is 2.18. The molecule has 2 heterocycles. The van der Waals surface area contributed by atoms with Crippen molar-refractivity contribution in [1.29, 1.82) is 0 Å². The van der Waals surface area contributed by atoms with Gasteiger partial charge in [-0.15, -0.1) is 0 Å². The van der Waals surface area contributed by atoms with E-state index in [1.54, 1.807) is 0 Å². The van der Waals surface area contributed by atoms with Gasteiger partial charge in [-0.25, -0.2) is 0 Å². The van der Waals surface area contributed by atoms with E-state index in [2.05, 4.69) is 84.5 Å². The molecule has 0 saturated heterocycles. The second kappa shape index (κ2) is 5.15. The minimum absolute atomic E-state index is 0.350. The molecule has 0 saturated carbocycles. The lowest BCUT2D eigenvalue weighted by molar-refractivity contribution is -0.702. The SMILES string of the molecule is Cc1ccc([C@H]2[NH2+]Cc3ccccc3-n3cccc32)c(C)c1. The third-order valence-corrected chi connectivity index (χ3v) is 4.68. The lowest BCUT2D eigenvalue weighted by Crippen LogP contribution is -2.83. The Balaban J connectivity index is 1.88. The summed E-state index contributed by atoms with van der Waals surface area (Å²) in [7, 11) is 0. The normalized spacial score (nSPS) is 16.7. The molecule has 3 aromatic rings. The van der Waals surface area contributed by atoms with Gasteiger partial charge >= 0.3 is 0 Å². The number of fused-ring (bicyclic) bond motifs is 3. The molecule has 0 spiro atoms. The molecule has 2 aromatic carbocycles. The molecule has 1 aromatic heterocycles. The van der Waals surface area contributed by atoms with Crippen LogP contribution in [-0.4, -0.2) is 4.57 Å². The van der Waals surface area contributed by atoms with Crippen LogP contribution in [0.5, 0.6) is 0 Å². The predicted octanol–water partition coefficient (Wildman–Crippen LogP) is 3.26. The first-order chi connectivity index (χ1) is 10.7. The molecule has 22 heavy (non-hydrogen) atoms. The molecular weight excluding hydrogens is 268 g/mol. The van der Waals surface area contributed by atoms with Crippen molar-refractivity contribution in [2.75, 3.05) is 0 Å². The number of hydrogen-bond acceptors (Lipinski definition) is 0. The van der Waals surface area contributed by atoms with Crippen LogP contribution >= 0.6 is 0 Å². The van der Waals surface area contributed by atoms with E-state index in [9.17, 15) is 0 Å². The van der Waals surface area contributed by atoms with Crippen LogP contribution < -0.4 is 5.32 Å². The van der Waals surface area contributed by atoms with Gasteiger partial charge in [-0.05, 0) is 37.6 Å². The summed E-state index contributed by atoms with van der Waals surface area (Å²) >= 11 is 0. The number of aryl methyl sites for hydroxylation is 2. The molecule has 0 amide bonds. The largest absolute Gasteiger partial charge is 0.331 e. The van der Waals surface area contributed by atoms with Crippen molar-refractivity contribution in [1.82, 2.24) is 4.57 Å². The van der Waals surface area contributed by atoms with Crippen LogP contribution in [0.25, 0.3) is 5.69 Å². The Morgan fingerprint density at radius 3 is 2.73 bits per heavy atom. The van der Waals surface area contributed by atoms with Crippen molar-refractivity contribution in [3.05, 3.63) is 88.7 Å². The molecule has 110 valence electrons. The van der Waals surface area contributed by atoms with Crippen LogP contribution in [0.1, 0.15) is 34.0 Å². The van der Waals surface area contributed by atoms with E-state index in [-0.39, 0.29) is 0 Å². The molecule has 1 aliphatic rings. The van der Waals surface area contributed by atoms with E-state index in [0.717, 1.165) is 6.54 Å². The highest BCUT2D eigenvalue weighted by atomic mass is 15.1. The van der Waals surface area contributed by atoms with Gasteiger partial charge in [-0.1, -0.05) is 42.0 Å². The predicted molar refractivity (Wildman–Crippen MR) is 89.2 cm³/mol. The molecule has 1 atom stereocenters. The van der Waals surface area contributed by atoms with Crippen molar-refractivity contribution in [2.24, 2.45) is 0 Å². The van der Waals surface area contributed by atoms with Crippen LogP contribution in [0.15, 0.2) is 60.8 Å². The summed E-state index contributed by atoms with van der Waals surface area (Å²) in [6.45, 7) is 5.39. The summed E-state index contributed by atoms with van der Waals surface area (Å²) < 4.78 is 2.35. The van der Waals surface area contributed by atoms with Crippen LogP contribution in [-0.2, 0) is 6.54 Å². The molecule has 2 nitrogen and oxygen atoms in total. The first-order valence-corrected chi connectivity index (χ1v) is 7.90. The van der Waals surface area contributed by atoms with Gasteiger partial charge in [0.25, 0.3) is 0 Å². The van der Waals surface area contributed by atoms with Gasteiger partial charge in [0.15, 0.2) is 6.04 Å². The molecule has 0 radical (unpaired) electrons. The molecule has 1 aliphatic heterocycles. The Hall–Kier alpha value is -2.32. The smallest absolute Gasteiger partial charge is 0.153 e. The fourth-order valence-corrected chi connectivity index (χ4v) is 3.61. The standard InChI is InChI=1S/C20H20N2/c1-14-9-10-17(15(2)12-14)20-19-8-5-11-22(19)18-7-4-3-6-16(18)13-21-20/h3-12,20-21H,13H2,1-2H3/p+1/t20-/m1/s1. The monoisotopic (exact) mass is 289 g/mol. The second-order valence-electron chi connectivity index (χ2n) is 6.21. The highest BCUT2D eigenvalue weighted by Crippen LogP contribution is 2.28. The molecule has 2 heteroatoms. The number of nitrogens with two attached hydrogens (primary N) is 1. The Labute approximate surface area is 131 Å². The Morgan fingerprint density at radius 1 is 1.00 bits per heavy atom. The van der Waals surface area contributed by atoms with Crippen molar-refractivity contribution < 1.29 is 5.32 Å². The van der Waals surface area contributed by atoms with Gasteiger partial charge in [0, 0.05) is 17.3 Å². The number of hydrogen-bond donors (Lipinski definition) is 1. The van der Waals surface area contributed by atoms with E-state index in [0.29, 0.717) is 6.04 Å². The average molecular weight is 289 g/mol. The number of aromatic nitrogens is 1. The summed E-state index contributed by atoms with van der Waals surface area (Å²) in [5.41, 5.74) is 8.18. The number of quaternary nitrogens is 1. The van der Waals surface area contributed by atoms with E-state index >= 15 is 0 Å². The highest BCUT2D eigenvalue weighted by Gasteiger charge is 2.26. The lowest BCUT2D eigenvalue weighted by Gasteiger charge is -2.17. The van der Waals surface area contributed by atoms with Gasteiger partial charge in [0.2, 0.25) is 0 Å².